The highest BCUT2D eigenvalue weighted by molar-refractivity contribution is 7.07. The van der Waals surface area contributed by atoms with Crippen molar-refractivity contribution in [3.63, 3.8) is 0 Å². The first-order chi connectivity index (χ1) is 10.2. The van der Waals surface area contributed by atoms with Crippen LogP contribution in [0, 0.1) is 0 Å². The minimum atomic E-state index is -0.391. The molecule has 1 aromatic heterocycles. The van der Waals surface area contributed by atoms with Crippen LogP contribution in [-0.2, 0) is 16.0 Å². The highest BCUT2D eigenvalue weighted by Crippen LogP contribution is 2.31. The van der Waals surface area contributed by atoms with Gasteiger partial charge in [0.1, 0.15) is 0 Å². The van der Waals surface area contributed by atoms with Crippen molar-refractivity contribution in [2.45, 2.75) is 18.8 Å². The van der Waals surface area contributed by atoms with Crippen molar-refractivity contribution in [3.8, 4) is 0 Å². The van der Waals surface area contributed by atoms with Gasteiger partial charge >= 0.3 is 0 Å². The number of nitrogens with one attached hydrogen (secondary N) is 2. The number of hydrogen-bond acceptors (Lipinski definition) is 3. The summed E-state index contributed by atoms with van der Waals surface area (Å²) in [6, 6.07) is 9.54. The maximum atomic E-state index is 12.3. The average Bonchev–Trinajstić information content (AvgIpc) is 2.99. The van der Waals surface area contributed by atoms with Gasteiger partial charge in [0.25, 0.3) is 0 Å². The third kappa shape index (κ3) is 3.13. The predicted octanol–water partition coefficient (Wildman–Crippen LogP) is 2.53. The maximum absolute atomic E-state index is 12.3. The van der Waals surface area contributed by atoms with Crippen molar-refractivity contribution in [1.29, 1.82) is 0 Å². The van der Waals surface area contributed by atoms with Crippen molar-refractivity contribution in [2.24, 2.45) is 0 Å². The first kappa shape index (κ1) is 13.8. The van der Waals surface area contributed by atoms with Gasteiger partial charge in [0.2, 0.25) is 11.8 Å². The van der Waals surface area contributed by atoms with E-state index in [2.05, 4.69) is 22.1 Å². The normalized spacial score (nSPS) is 17.0. The van der Waals surface area contributed by atoms with E-state index >= 15 is 0 Å². The van der Waals surface area contributed by atoms with E-state index in [-0.39, 0.29) is 18.2 Å². The second-order valence-corrected chi connectivity index (χ2v) is 5.84. The van der Waals surface area contributed by atoms with Crippen molar-refractivity contribution in [1.82, 2.24) is 5.32 Å². The van der Waals surface area contributed by atoms with Crippen molar-refractivity contribution >= 4 is 28.8 Å². The Balaban J connectivity index is 1.65. The number of carbonyl (C=O) groups excluding carboxylic acids is 2. The van der Waals surface area contributed by atoms with E-state index in [1.807, 2.05) is 29.6 Å². The molecule has 1 atom stereocenters. The first-order valence-electron chi connectivity index (χ1n) is 6.91. The number of benzene rings is 1. The Hall–Kier alpha value is -2.14. The molecule has 4 nitrogen and oxygen atoms in total. The van der Waals surface area contributed by atoms with Crippen LogP contribution in [-0.4, -0.2) is 18.4 Å². The molecule has 0 saturated carbocycles. The molecule has 1 aromatic carbocycles. The van der Waals surface area contributed by atoms with Gasteiger partial charge in [-0.05, 0) is 40.4 Å². The number of amides is 2. The fourth-order valence-corrected chi connectivity index (χ4v) is 3.24. The summed E-state index contributed by atoms with van der Waals surface area (Å²) in [6.07, 6.45) is 1.02. The van der Waals surface area contributed by atoms with Gasteiger partial charge in [0.05, 0.1) is 5.92 Å². The summed E-state index contributed by atoms with van der Waals surface area (Å²) in [5.41, 5.74) is 2.86. The third-order valence-electron chi connectivity index (χ3n) is 3.61. The van der Waals surface area contributed by atoms with Gasteiger partial charge < -0.3 is 10.6 Å². The molecule has 1 aliphatic rings. The highest BCUT2D eigenvalue weighted by Gasteiger charge is 2.29. The van der Waals surface area contributed by atoms with Gasteiger partial charge in [-0.1, -0.05) is 18.2 Å². The Kier molecular flexibility index (Phi) is 4.01. The maximum Gasteiger partial charge on any atom is 0.228 e. The number of hydrogen-bond donors (Lipinski definition) is 2. The summed E-state index contributed by atoms with van der Waals surface area (Å²) in [4.78, 5) is 24.1. The summed E-state index contributed by atoms with van der Waals surface area (Å²) in [5.74, 6) is -0.573. The molecule has 0 radical (unpaired) electrons. The van der Waals surface area contributed by atoms with E-state index in [9.17, 15) is 9.59 Å². The number of rotatable bonds is 4. The van der Waals surface area contributed by atoms with E-state index in [1.54, 1.807) is 11.3 Å². The Morgan fingerprint density at radius 1 is 1.33 bits per heavy atom. The molecule has 21 heavy (non-hydrogen) atoms. The summed E-state index contributed by atoms with van der Waals surface area (Å²) in [5, 5.41) is 9.85. The monoisotopic (exact) mass is 300 g/mol. The fraction of sp³-hybridized carbons (Fsp3) is 0.250. The van der Waals surface area contributed by atoms with Gasteiger partial charge in [-0.2, -0.15) is 11.3 Å². The standard InChI is InChI=1S/C16H16N2O2S/c19-15-9-13(12-3-1-2-4-14(12)18-15)16(20)17-7-5-11-6-8-21-10-11/h1-4,6,8,10,13H,5,7,9H2,(H,17,20)(H,18,19). The van der Waals surface area contributed by atoms with Crippen molar-refractivity contribution < 1.29 is 9.59 Å². The van der Waals surface area contributed by atoms with Crippen molar-refractivity contribution in [2.75, 3.05) is 11.9 Å². The van der Waals surface area contributed by atoms with Gasteiger partial charge in [-0.3, -0.25) is 9.59 Å². The van der Waals surface area contributed by atoms with E-state index in [0.717, 1.165) is 17.7 Å². The Bertz CT molecular complexity index is 652. The second kappa shape index (κ2) is 6.10. The molecule has 0 fully saturated rings. The molecule has 1 unspecified atom stereocenters. The number of carbonyl (C=O) groups is 2. The van der Waals surface area contributed by atoms with Crippen LogP contribution in [0.1, 0.15) is 23.5 Å². The van der Waals surface area contributed by atoms with E-state index in [4.69, 9.17) is 0 Å². The lowest BCUT2D eigenvalue weighted by molar-refractivity contribution is -0.126. The first-order valence-corrected chi connectivity index (χ1v) is 7.86. The van der Waals surface area contributed by atoms with Crippen LogP contribution in [0.3, 0.4) is 0 Å². The summed E-state index contributed by atoms with van der Waals surface area (Å²) in [6.45, 7) is 0.593. The van der Waals surface area contributed by atoms with E-state index < -0.39 is 5.92 Å². The molecular formula is C16H16N2O2S. The Morgan fingerprint density at radius 2 is 2.19 bits per heavy atom. The molecular weight excluding hydrogens is 284 g/mol. The van der Waals surface area contributed by atoms with Crippen LogP contribution < -0.4 is 10.6 Å². The van der Waals surface area contributed by atoms with Crippen LogP contribution in [0.4, 0.5) is 5.69 Å². The molecule has 0 saturated heterocycles. The Labute approximate surface area is 127 Å². The molecule has 0 bridgehead atoms. The lowest BCUT2D eigenvalue weighted by Gasteiger charge is -2.24. The van der Waals surface area contributed by atoms with Gasteiger partial charge in [0, 0.05) is 18.7 Å². The quantitative estimate of drug-likeness (QED) is 0.911. The number of thiophene rings is 1. The molecule has 0 aliphatic carbocycles. The zero-order valence-corrected chi connectivity index (χ0v) is 12.3. The van der Waals surface area contributed by atoms with Crippen LogP contribution in [0.2, 0.25) is 0 Å². The minimum absolute atomic E-state index is 0.0764. The number of anilines is 1. The molecule has 2 heterocycles. The van der Waals surface area contributed by atoms with E-state index in [0.29, 0.717) is 6.54 Å². The SMILES string of the molecule is O=C1CC(C(=O)NCCc2ccsc2)c2ccccc2N1. The van der Waals surface area contributed by atoms with Gasteiger partial charge in [-0.15, -0.1) is 0 Å². The zero-order valence-electron chi connectivity index (χ0n) is 11.5. The number of para-hydroxylation sites is 1. The molecule has 1 aliphatic heterocycles. The molecule has 3 rings (SSSR count). The minimum Gasteiger partial charge on any atom is -0.355 e. The van der Waals surface area contributed by atoms with Crippen LogP contribution in [0.15, 0.2) is 41.1 Å². The highest BCUT2D eigenvalue weighted by atomic mass is 32.1. The topological polar surface area (TPSA) is 58.2 Å². The largest absolute Gasteiger partial charge is 0.355 e. The molecule has 2 amide bonds. The zero-order chi connectivity index (χ0) is 14.7. The lowest BCUT2D eigenvalue weighted by atomic mass is 9.90. The van der Waals surface area contributed by atoms with Gasteiger partial charge in [-0.25, -0.2) is 0 Å². The number of fused-ring (bicyclic) bond motifs is 1. The Morgan fingerprint density at radius 3 is 3.00 bits per heavy atom. The molecule has 2 N–H and O–H groups in total. The summed E-state index contributed by atoms with van der Waals surface area (Å²) >= 11 is 1.65. The smallest absolute Gasteiger partial charge is 0.228 e. The molecule has 5 heteroatoms. The van der Waals surface area contributed by atoms with Crippen molar-refractivity contribution in [3.05, 3.63) is 52.2 Å². The van der Waals surface area contributed by atoms with E-state index in [1.165, 1.54) is 5.56 Å². The van der Waals surface area contributed by atoms with Crippen LogP contribution >= 0.6 is 11.3 Å². The van der Waals surface area contributed by atoms with Crippen LogP contribution in [0.25, 0.3) is 0 Å². The molecule has 0 spiro atoms. The summed E-state index contributed by atoms with van der Waals surface area (Å²) in [7, 11) is 0. The molecule has 2 aromatic rings. The second-order valence-electron chi connectivity index (χ2n) is 5.06. The average molecular weight is 300 g/mol. The summed E-state index contributed by atoms with van der Waals surface area (Å²) < 4.78 is 0. The third-order valence-corrected chi connectivity index (χ3v) is 4.34. The molecule has 108 valence electrons. The van der Waals surface area contributed by atoms with Crippen LogP contribution in [0.5, 0.6) is 0 Å². The predicted molar refractivity (Wildman–Crippen MR) is 83.5 cm³/mol. The lowest BCUT2D eigenvalue weighted by Crippen LogP contribution is -2.35. The van der Waals surface area contributed by atoms with Gasteiger partial charge in [0.15, 0.2) is 0 Å². The fourth-order valence-electron chi connectivity index (χ4n) is 2.53.